The van der Waals surface area contributed by atoms with Crippen LogP contribution in [0.2, 0.25) is 0 Å². The fraction of sp³-hybridized carbons (Fsp3) is 0.647. The van der Waals surface area contributed by atoms with E-state index in [0.29, 0.717) is 6.04 Å². The van der Waals surface area contributed by atoms with Crippen LogP contribution in [0.4, 0.5) is 5.69 Å². The molecular weight excluding hydrogens is 234 g/mol. The zero-order valence-corrected chi connectivity index (χ0v) is 12.3. The van der Waals surface area contributed by atoms with Crippen LogP contribution in [0, 0.1) is 0 Å². The molecule has 0 spiro atoms. The van der Waals surface area contributed by atoms with Crippen LogP contribution in [0.25, 0.3) is 0 Å². The van der Waals surface area contributed by atoms with Crippen LogP contribution in [0.3, 0.4) is 0 Å². The first-order valence-electron chi connectivity index (χ1n) is 7.81. The van der Waals surface area contributed by atoms with Gasteiger partial charge in [0.25, 0.3) is 0 Å². The molecule has 0 aliphatic carbocycles. The minimum atomic E-state index is -0.319. The van der Waals surface area contributed by atoms with Gasteiger partial charge in [-0.3, -0.25) is 0 Å². The van der Waals surface area contributed by atoms with E-state index >= 15 is 0 Å². The van der Waals surface area contributed by atoms with Gasteiger partial charge in [0.2, 0.25) is 0 Å². The number of aliphatic hydroxyl groups is 1. The van der Waals surface area contributed by atoms with E-state index in [1.165, 1.54) is 44.3 Å². The van der Waals surface area contributed by atoms with Crippen LogP contribution >= 0.6 is 0 Å². The third-order valence-corrected chi connectivity index (χ3v) is 4.34. The quantitative estimate of drug-likeness (QED) is 0.874. The topological polar surface area (TPSA) is 23.5 Å². The minimum absolute atomic E-state index is 0.319. The van der Waals surface area contributed by atoms with Crippen molar-refractivity contribution in [1.82, 2.24) is 0 Å². The molecule has 1 heterocycles. The maximum atomic E-state index is 9.86. The number of rotatable bonds is 4. The first-order chi connectivity index (χ1) is 9.26. The minimum Gasteiger partial charge on any atom is -0.388 e. The molecule has 0 radical (unpaired) electrons. The molecule has 1 N–H and O–H groups in total. The van der Waals surface area contributed by atoms with E-state index in [0.717, 1.165) is 12.0 Å². The summed E-state index contributed by atoms with van der Waals surface area (Å²) in [5.74, 6) is 0. The molecule has 1 saturated heterocycles. The molecule has 2 nitrogen and oxygen atoms in total. The molecule has 2 heteroatoms. The molecule has 1 aromatic rings. The molecule has 0 saturated carbocycles. The lowest BCUT2D eigenvalue weighted by Gasteiger charge is -2.31. The van der Waals surface area contributed by atoms with Crippen LogP contribution in [-0.4, -0.2) is 17.7 Å². The molecule has 0 amide bonds. The molecule has 2 rings (SSSR count). The van der Waals surface area contributed by atoms with Crippen LogP contribution in [-0.2, 0) is 0 Å². The van der Waals surface area contributed by atoms with E-state index in [1.807, 2.05) is 6.92 Å². The van der Waals surface area contributed by atoms with E-state index in [2.05, 4.69) is 36.1 Å². The zero-order chi connectivity index (χ0) is 13.7. The average Bonchev–Trinajstić information content (AvgIpc) is 2.71. The van der Waals surface area contributed by atoms with E-state index in [1.54, 1.807) is 0 Å². The third-order valence-electron chi connectivity index (χ3n) is 4.34. The van der Waals surface area contributed by atoms with Gasteiger partial charge >= 0.3 is 0 Å². The summed E-state index contributed by atoms with van der Waals surface area (Å²) in [7, 11) is 0. The summed E-state index contributed by atoms with van der Waals surface area (Å²) in [6, 6.07) is 9.22. The summed E-state index contributed by atoms with van der Waals surface area (Å²) < 4.78 is 0. The van der Waals surface area contributed by atoms with Gasteiger partial charge in [-0.25, -0.2) is 0 Å². The third kappa shape index (κ3) is 3.50. The molecule has 0 bridgehead atoms. The summed E-state index contributed by atoms with van der Waals surface area (Å²) in [4.78, 5) is 2.56. The lowest BCUT2D eigenvalue weighted by molar-refractivity contribution is 0.173. The lowest BCUT2D eigenvalue weighted by atomic mass is 10.0. The zero-order valence-electron chi connectivity index (χ0n) is 12.3. The normalized spacial score (nSPS) is 22.1. The lowest BCUT2D eigenvalue weighted by Crippen LogP contribution is -2.34. The molecule has 1 aromatic carbocycles. The fourth-order valence-electron chi connectivity index (χ4n) is 3.07. The number of benzene rings is 1. The van der Waals surface area contributed by atoms with E-state index in [4.69, 9.17) is 0 Å². The number of hydrogen-bond donors (Lipinski definition) is 1. The maximum Gasteiger partial charge on any atom is 0.0787 e. The Morgan fingerprint density at radius 1 is 1.16 bits per heavy atom. The Kier molecular flexibility index (Phi) is 5.26. The van der Waals surface area contributed by atoms with Crippen molar-refractivity contribution in [2.75, 3.05) is 11.4 Å². The Morgan fingerprint density at radius 2 is 1.89 bits per heavy atom. The Labute approximate surface area is 117 Å². The summed E-state index contributed by atoms with van der Waals surface area (Å²) in [5, 5.41) is 9.86. The second-order valence-electron chi connectivity index (χ2n) is 5.62. The second-order valence-corrected chi connectivity index (χ2v) is 5.62. The van der Waals surface area contributed by atoms with Gasteiger partial charge in [0, 0.05) is 18.3 Å². The van der Waals surface area contributed by atoms with Crippen molar-refractivity contribution in [2.24, 2.45) is 0 Å². The largest absolute Gasteiger partial charge is 0.388 e. The van der Waals surface area contributed by atoms with Gasteiger partial charge in [0.05, 0.1) is 6.10 Å². The van der Waals surface area contributed by atoms with Gasteiger partial charge < -0.3 is 10.0 Å². The Balaban J connectivity index is 2.14. The molecule has 2 unspecified atom stereocenters. The van der Waals surface area contributed by atoms with Gasteiger partial charge in [-0.1, -0.05) is 38.8 Å². The molecule has 1 fully saturated rings. The summed E-state index contributed by atoms with van der Waals surface area (Å²) in [6.45, 7) is 5.48. The van der Waals surface area contributed by atoms with Crippen molar-refractivity contribution in [1.29, 1.82) is 0 Å². The predicted octanol–water partition coefficient (Wildman–Crippen LogP) is 4.29. The highest BCUT2D eigenvalue weighted by molar-refractivity contribution is 5.49. The van der Waals surface area contributed by atoms with Crippen LogP contribution < -0.4 is 4.90 Å². The Bertz CT molecular complexity index is 373. The summed E-state index contributed by atoms with van der Waals surface area (Å²) in [6.07, 6.45) is 7.02. The van der Waals surface area contributed by atoms with Crippen LogP contribution in [0.1, 0.15) is 64.0 Å². The first kappa shape index (κ1) is 14.4. The van der Waals surface area contributed by atoms with Gasteiger partial charge in [0.15, 0.2) is 0 Å². The molecule has 1 aliphatic rings. The van der Waals surface area contributed by atoms with Gasteiger partial charge in [0.1, 0.15) is 0 Å². The van der Waals surface area contributed by atoms with E-state index in [9.17, 15) is 5.11 Å². The highest BCUT2D eigenvalue weighted by Crippen LogP contribution is 2.27. The monoisotopic (exact) mass is 261 g/mol. The number of hydrogen-bond acceptors (Lipinski definition) is 2. The van der Waals surface area contributed by atoms with Crippen LogP contribution in [0.15, 0.2) is 24.3 Å². The standard InChI is InChI=1S/C17H27NO/c1-3-15-8-6-5-7-13-18(15)16-11-9-14(10-12-16)17(19)4-2/h9-12,15,17,19H,3-8,13H2,1-2H3. The SMILES string of the molecule is CCC(O)c1ccc(N2CCCCCC2CC)cc1. The van der Waals surface area contributed by atoms with E-state index < -0.39 is 0 Å². The Hall–Kier alpha value is -1.02. The van der Waals surface area contributed by atoms with Gasteiger partial charge in [-0.15, -0.1) is 0 Å². The van der Waals surface area contributed by atoms with Crippen molar-refractivity contribution in [3.63, 3.8) is 0 Å². The number of anilines is 1. The average molecular weight is 261 g/mol. The van der Waals surface area contributed by atoms with Gasteiger partial charge in [-0.2, -0.15) is 0 Å². The van der Waals surface area contributed by atoms with Crippen molar-refractivity contribution in [3.05, 3.63) is 29.8 Å². The molecular formula is C17H27NO. The molecule has 0 aromatic heterocycles. The van der Waals surface area contributed by atoms with Crippen molar-refractivity contribution in [2.45, 2.75) is 64.5 Å². The number of nitrogens with zero attached hydrogens (tertiary/aromatic N) is 1. The molecule has 19 heavy (non-hydrogen) atoms. The number of aliphatic hydroxyl groups excluding tert-OH is 1. The summed E-state index contributed by atoms with van der Waals surface area (Å²) in [5.41, 5.74) is 2.36. The van der Waals surface area contributed by atoms with Gasteiger partial charge in [-0.05, 0) is 43.4 Å². The Morgan fingerprint density at radius 3 is 2.53 bits per heavy atom. The van der Waals surface area contributed by atoms with E-state index in [-0.39, 0.29) is 6.10 Å². The molecule has 2 atom stereocenters. The highest BCUT2D eigenvalue weighted by atomic mass is 16.3. The van der Waals surface area contributed by atoms with Crippen molar-refractivity contribution >= 4 is 5.69 Å². The first-order valence-corrected chi connectivity index (χ1v) is 7.81. The maximum absolute atomic E-state index is 9.86. The van der Waals surface area contributed by atoms with Crippen molar-refractivity contribution in [3.8, 4) is 0 Å². The smallest absolute Gasteiger partial charge is 0.0787 e. The molecule has 1 aliphatic heterocycles. The highest BCUT2D eigenvalue weighted by Gasteiger charge is 2.19. The predicted molar refractivity (Wildman–Crippen MR) is 81.6 cm³/mol. The fourth-order valence-corrected chi connectivity index (χ4v) is 3.07. The van der Waals surface area contributed by atoms with Crippen LogP contribution in [0.5, 0.6) is 0 Å². The molecule has 106 valence electrons. The van der Waals surface area contributed by atoms with Crippen molar-refractivity contribution < 1.29 is 5.11 Å². The second kappa shape index (κ2) is 6.95. The summed E-state index contributed by atoms with van der Waals surface area (Å²) >= 11 is 0.